The smallest absolute Gasteiger partial charge is 0.376 e. The molecule has 0 aliphatic heterocycles. The first-order valence-corrected chi connectivity index (χ1v) is 7.92. The summed E-state index contributed by atoms with van der Waals surface area (Å²) < 4.78 is 10.4. The summed E-state index contributed by atoms with van der Waals surface area (Å²) in [5.74, 6) is -0.228. The van der Waals surface area contributed by atoms with Crippen LogP contribution in [0.15, 0.2) is 35.1 Å². The van der Waals surface area contributed by atoms with E-state index in [1.165, 1.54) is 6.39 Å². The Morgan fingerprint density at radius 2 is 2.00 bits per heavy atom. The lowest BCUT2D eigenvalue weighted by Crippen LogP contribution is -2.27. The van der Waals surface area contributed by atoms with E-state index >= 15 is 0 Å². The number of hydrogen-bond acceptors (Lipinski definition) is 4. The molecule has 1 fully saturated rings. The average molecular weight is 320 g/mol. The van der Waals surface area contributed by atoms with E-state index in [1.807, 2.05) is 24.3 Å². The van der Waals surface area contributed by atoms with Gasteiger partial charge in [0.2, 0.25) is 5.76 Å². The monoisotopic (exact) mass is 319 g/mol. The Kier molecular flexibility index (Phi) is 4.21. The van der Waals surface area contributed by atoms with Crippen molar-refractivity contribution in [2.45, 2.75) is 38.0 Å². The van der Waals surface area contributed by atoms with Crippen molar-refractivity contribution in [2.75, 3.05) is 6.61 Å². The van der Waals surface area contributed by atoms with Crippen molar-refractivity contribution in [3.05, 3.63) is 52.7 Å². The second-order valence-electron chi connectivity index (χ2n) is 5.55. The maximum absolute atomic E-state index is 12.1. The van der Waals surface area contributed by atoms with E-state index in [1.54, 1.807) is 6.92 Å². The Labute approximate surface area is 134 Å². The van der Waals surface area contributed by atoms with E-state index < -0.39 is 5.97 Å². The largest absolute Gasteiger partial charge is 0.460 e. The number of oxazole rings is 1. The fourth-order valence-electron chi connectivity index (χ4n) is 3.34. The normalized spacial score (nSPS) is 16.6. The van der Waals surface area contributed by atoms with Gasteiger partial charge in [-0.25, -0.2) is 9.78 Å². The molecule has 3 rings (SSSR count). The lowest BCUT2D eigenvalue weighted by atomic mass is 9.75. The molecule has 0 atom stereocenters. The number of hydrogen-bond donors (Lipinski definition) is 0. The number of nitrogens with zero attached hydrogens (tertiary/aromatic N) is 1. The fourth-order valence-corrected chi connectivity index (χ4v) is 3.46. The third kappa shape index (κ3) is 2.52. The van der Waals surface area contributed by atoms with Crippen LogP contribution >= 0.6 is 11.6 Å². The maximum atomic E-state index is 12.1. The highest BCUT2D eigenvalue weighted by Crippen LogP contribution is 2.47. The maximum Gasteiger partial charge on any atom is 0.376 e. The molecule has 0 unspecified atom stereocenters. The van der Waals surface area contributed by atoms with Gasteiger partial charge in [0.05, 0.1) is 6.61 Å². The number of benzene rings is 1. The average Bonchev–Trinajstić information content (AvgIpc) is 3.18. The number of carbonyl (C=O) groups excluding carboxylic acids is 1. The standard InChI is InChI=1S/C17H18ClNO3/c1-2-21-16(20)14-15(19-11-22-14)17(9-3-4-10-17)12-5-7-13(18)8-6-12/h5-8,11H,2-4,9-10H2,1H3. The highest BCUT2D eigenvalue weighted by molar-refractivity contribution is 6.30. The first-order valence-electron chi connectivity index (χ1n) is 7.54. The number of carbonyl (C=O) groups is 1. The van der Waals surface area contributed by atoms with Crippen LogP contribution < -0.4 is 0 Å². The van der Waals surface area contributed by atoms with E-state index in [-0.39, 0.29) is 11.2 Å². The highest BCUT2D eigenvalue weighted by Gasteiger charge is 2.43. The van der Waals surface area contributed by atoms with Crippen LogP contribution in [0.1, 0.15) is 54.4 Å². The number of halogens is 1. The summed E-state index contributed by atoms with van der Waals surface area (Å²) in [7, 11) is 0. The molecule has 0 radical (unpaired) electrons. The molecule has 4 nitrogen and oxygen atoms in total. The molecule has 0 spiro atoms. The van der Waals surface area contributed by atoms with Crippen molar-refractivity contribution in [1.82, 2.24) is 4.98 Å². The molecule has 116 valence electrons. The van der Waals surface area contributed by atoms with Crippen LogP contribution in [0.5, 0.6) is 0 Å². The zero-order valence-electron chi connectivity index (χ0n) is 12.5. The Hall–Kier alpha value is -1.81. The van der Waals surface area contributed by atoms with Gasteiger partial charge in [0.15, 0.2) is 6.39 Å². The highest BCUT2D eigenvalue weighted by atomic mass is 35.5. The van der Waals surface area contributed by atoms with Crippen molar-refractivity contribution in [3.8, 4) is 0 Å². The van der Waals surface area contributed by atoms with Crippen LogP contribution in [-0.4, -0.2) is 17.6 Å². The molecule has 1 heterocycles. The van der Waals surface area contributed by atoms with Crippen molar-refractivity contribution in [3.63, 3.8) is 0 Å². The molecule has 0 amide bonds. The Morgan fingerprint density at radius 1 is 1.32 bits per heavy atom. The first kappa shape index (κ1) is 15.1. The first-order chi connectivity index (χ1) is 10.7. The summed E-state index contributed by atoms with van der Waals surface area (Å²) in [6.07, 6.45) is 5.40. The van der Waals surface area contributed by atoms with Crippen LogP contribution in [-0.2, 0) is 10.2 Å². The predicted molar refractivity (Wildman–Crippen MR) is 83.2 cm³/mol. The van der Waals surface area contributed by atoms with Gasteiger partial charge in [0, 0.05) is 10.4 Å². The predicted octanol–water partition coefficient (Wildman–Crippen LogP) is 4.36. The molecule has 0 N–H and O–H groups in total. The second kappa shape index (κ2) is 6.13. The topological polar surface area (TPSA) is 52.3 Å². The molecule has 1 saturated carbocycles. The SMILES string of the molecule is CCOC(=O)c1ocnc1C1(c2ccc(Cl)cc2)CCCC1. The van der Waals surface area contributed by atoms with Crippen LogP contribution in [0.3, 0.4) is 0 Å². The Morgan fingerprint density at radius 3 is 2.64 bits per heavy atom. The number of ether oxygens (including phenoxy) is 1. The third-order valence-electron chi connectivity index (χ3n) is 4.34. The van der Waals surface area contributed by atoms with Gasteiger partial charge in [0.25, 0.3) is 0 Å². The summed E-state index contributed by atoms with van der Waals surface area (Å²) in [6.45, 7) is 2.09. The molecule has 5 heteroatoms. The molecular formula is C17H18ClNO3. The van der Waals surface area contributed by atoms with Gasteiger partial charge < -0.3 is 9.15 Å². The Bertz CT molecular complexity index is 657. The van der Waals surface area contributed by atoms with E-state index in [0.29, 0.717) is 17.3 Å². The molecular weight excluding hydrogens is 302 g/mol. The molecule has 22 heavy (non-hydrogen) atoms. The van der Waals surface area contributed by atoms with Gasteiger partial charge in [-0.3, -0.25) is 0 Å². The van der Waals surface area contributed by atoms with Gasteiger partial charge in [0.1, 0.15) is 5.69 Å². The molecule has 1 aliphatic carbocycles. The zero-order chi connectivity index (χ0) is 15.6. The van der Waals surface area contributed by atoms with Crippen molar-refractivity contribution in [2.24, 2.45) is 0 Å². The minimum Gasteiger partial charge on any atom is -0.460 e. The van der Waals surface area contributed by atoms with Crippen molar-refractivity contribution < 1.29 is 13.9 Å². The van der Waals surface area contributed by atoms with Crippen LogP contribution in [0.2, 0.25) is 5.02 Å². The van der Waals surface area contributed by atoms with E-state index in [9.17, 15) is 4.79 Å². The van der Waals surface area contributed by atoms with Crippen LogP contribution in [0, 0.1) is 0 Å². The summed E-state index contributed by atoms with van der Waals surface area (Å²) in [5, 5.41) is 0.697. The van der Waals surface area contributed by atoms with Crippen LogP contribution in [0.25, 0.3) is 0 Å². The summed E-state index contributed by atoms with van der Waals surface area (Å²) in [4.78, 5) is 16.5. The van der Waals surface area contributed by atoms with Crippen molar-refractivity contribution >= 4 is 17.6 Å². The summed E-state index contributed by atoms with van der Waals surface area (Å²) in [5.41, 5.74) is 1.51. The summed E-state index contributed by atoms with van der Waals surface area (Å²) in [6, 6.07) is 7.77. The van der Waals surface area contributed by atoms with Crippen molar-refractivity contribution in [1.29, 1.82) is 0 Å². The van der Waals surface area contributed by atoms with Gasteiger partial charge in [-0.05, 0) is 37.5 Å². The molecule has 1 aromatic heterocycles. The second-order valence-corrected chi connectivity index (χ2v) is 5.98. The van der Waals surface area contributed by atoms with Crippen LogP contribution in [0.4, 0.5) is 0 Å². The third-order valence-corrected chi connectivity index (χ3v) is 4.59. The number of aromatic nitrogens is 1. The van der Waals surface area contributed by atoms with E-state index in [0.717, 1.165) is 31.2 Å². The lowest BCUT2D eigenvalue weighted by Gasteiger charge is -2.28. The van der Waals surface area contributed by atoms with Gasteiger partial charge in [-0.1, -0.05) is 36.6 Å². The van der Waals surface area contributed by atoms with Gasteiger partial charge in [-0.15, -0.1) is 0 Å². The lowest BCUT2D eigenvalue weighted by molar-refractivity contribution is 0.0486. The molecule has 1 aliphatic rings. The molecule has 0 bridgehead atoms. The Balaban J connectivity index is 2.07. The fraction of sp³-hybridized carbons (Fsp3) is 0.412. The van der Waals surface area contributed by atoms with E-state index in [2.05, 4.69) is 4.98 Å². The molecule has 1 aromatic carbocycles. The minimum atomic E-state index is -0.449. The minimum absolute atomic E-state index is 0.221. The zero-order valence-corrected chi connectivity index (χ0v) is 13.2. The molecule has 0 saturated heterocycles. The number of rotatable bonds is 4. The number of esters is 1. The summed E-state index contributed by atoms with van der Waals surface area (Å²) >= 11 is 6.00. The van der Waals surface area contributed by atoms with Gasteiger partial charge in [-0.2, -0.15) is 0 Å². The quantitative estimate of drug-likeness (QED) is 0.785. The van der Waals surface area contributed by atoms with E-state index in [4.69, 9.17) is 20.8 Å². The van der Waals surface area contributed by atoms with Gasteiger partial charge >= 0.3 is 5.97 Å². The molecule has 2 aromatic rings.